The van der Waals surface area contributed by atoms with Crippen LogP contribution < -0.4 is 15.4 Å². The highest BCUT2D eigenvalue weighted by atomic mass is 35.5. The highest BCUT2D eigenvalue weighted by molar-refractivity contribution is 6.35. The molecule has 7 nitrogen and oxygen atoms in total. The number of ether oxygens (including phenoxy) is 1. The van der Waals surface area contributed by atoms with Gasteiger partial charge in [0.25, 0.3) is 5.91 Å². The minimum Gasteiger partial charge on any atom is -0.497 e. The highest BCUT2D eigenvalue weighted by Crippen LogP contribution is 2.38. The number of anilines is 2. The smallest absolute Gasteiger partial charge is 0.255 e. The summed E-state index contributed by atoms with van der Waals surface area (Å²) < 4.78 is 6.79. The number of nitrogens with zero attached hydrogens (tertiary/aromatic N) is 3. The summed E-state index contributed by atoms with van der Waals surface area (Å²) in [4.78, 5) is 17.5. The Labute approximate surface area is 177 Å². The van der Waals surface area contributed by atoms with Gasteiger partial charge in [-0.3, -0.25) is 4.79 Å². The van der Waals surface area contributed by atoms with Crippen molar-refractivity contribution < 1.29 is 9.53 Å². The van der Waals surface area contributed by atoms with Gasteiger partial charge in [-0.2, -0.15) is 10.1 Å². The van der Waals surface area contributed by atoms with Gasteiger partial charge >= 0.3 is 0 Å². The second kappa shape index (κ2) is 7.77. The van der Waals surface area contributed by atoms with E-state index in [9.17, 15) is 4.79 Å². The first-order valence-electron chi connectivity index (χ1n) is 8.75. The van der Waals surface area contributed by atoms with Crippen LogP contribution in [-0.4, -0.2) is 27.8 Å². The van der Waals surface area contributed by atoms with Gasteiger partial charge in [0.15, 0.2) is 0 Å². The summed E-state index contributed by atoms with van der Waals surface area (Å²) in [7, 11) is 1.59. The van der Waals surface area contributed by atoms with Crippen LogP contribution in [0.3, 0.4) is 0 Å². The second-order valence-corrected chi connectivity index (χ2v) is 7.29. The Hall–Kier alpha value is -3.03. The van der Waals surface area contributed by atoms with Crippen molar-refractivity contribution in [3.8, 4) is 5.75 Å². The van der Waals surface area contributed by atoms with Crippen molar-refractivity contribution in [3.05, 3.63) is 75.7 Å². The summed E-state index contributed by atoms with van der Waals surface area (Å²) in [5.74, 6) is 0.952. The van der Waals surface area contributed by atoms with Gasteiger partial charge in [-0.05, 0) is 43.3 Å². The van der Waals surface area contributed by atoms with E-state index >= 15 is 0 Å². The van der Waals surface area contributed by atoms with Gasteiger partial charge in [-0.15, -0.1) is 0 Å². The zero-order valence-corrected chi connectivity index (χ0v) is 17.1. The third-order valence-corrected chi connectivity index (χ3v) is 5.21. The van der Waals surface area contributed by atoms with Crippen LogP contribution in [0.2, 0.25) is 10.0 Å². The largest absolute Gasteiger partial charge is 0.497 e. The number of carbonyl (C=O) groups excluding carboxylic acids is 1. The Morgan fingerprint density at radius 1 is 1.21 bits per heavy atom. The van der Waals surface area contributed by atoms with E-state index in [0.29, 0.717) is 44.3 Å². The maximum atomic E-state index is 13.3. The van der Waals surface area contributed by atoms with E-state index in [-0.39, 0.29) is 5.91 Å². The lowest BCUT2D eigenvalue weighted by Crippen LogP contribution is -2.31. The molecule has 0 radical (unpaired) electrons. The number of amides is 1. The average molecular weight is 430 g/mol. The van der Waals surface area contributed by atoms with E-state index in [1.165, 1.54) is 6.33 Å². The van der Waals surface area contributed by atoms with Crippen molar-refractivity contribution in [1.82, 2.24) is 14.8 Å². The first kappa shape index (κ1) is 19.3. The zero-order valence-electron chi connectivity index (χ0n) is 15.6. The van der Waals surface area contributed by atoms with Gasteiger partial charge in [-0.25, -0.2) is 4.68 Å². The molecule has 2 N–H and O–H groups in total. The second-order valence-electron chi connectivity index (χ2n) is 6.44. The molecule has 0 unspecified atom stereocenters. The Kier molecular flexibility index (Phi) is 5.17. The lowest BCUT2D eigenvalue weighted by atomic mass is 9.95. The third-order valence-electron chi connectivity index (χ3n) is 4.64. The molecule has 1 aliphatic rings. The third kappa shape index (κ3) is 3.66. The molecule has 0 bridgehead atoms. The quantitative estimate of drug-likeness (QED) is 0.636. The molecule has 0 fully saturated rings. The molecule has 1 atom stereocenters. The first-order valence-corrected chi connectivity index (χ1v) is 9.51. The van der Waals surface area contributed by atoms with Crippen LogP contribution in [0.5, 0.6) is 5.75 Å². The fourth-order valence-electron chi connectivity index (χ4n) is 3.27. The van der Waals surface area contributed by atoms with Crippen molar-refractivity contribution >= 4 is 40.7 Å². The van der Waals surface area contributed by atoms with Crippen molar-refractivity contribution in [2.24, 2.45) is 0 Å². The highest BCUT2D eigenvalue weighted by Gasteiger charge is 2.34. The molecule has 2 aromatic carbocycles. The van der Waals surface area contributed by atoms with E-state index in [1.54, 1.807) is 54.3 Å². The molecule has 4 rings (SSSR count). The molecular formula is C20H17Cl2N5O2. The Morgan fingerprint density at radius 2 is 1.97 bits per heavy atom. The van der Waals surface area contributed by atoms with Gasteiger partial charge in [0, 0.05) is 27.0 Å². The molecule has 1 amide bonds. The number of nitrogens with one attached hydrogen (secondary N) is 2. The number of halogens is 2. The van der Waals surface area contributed by atoms with Crippen LogP contribution in [0.15, 0.2) is 60.1 Å². The predicted octanol–water partition coefficient (Wildman–Crippen LogP) is 4.52. The number of hydrogen-bond donors (Lipinski definition) is 2. The van der Waals surface area contributed by atoms with Gasteiger partial charge in [0.2, 0.25) is 5.95 Å². The number of methoxy groups -OCH3 is 1. The standard InChI is InChI=1S/C20H17Cl2N5O2/c1-11-17(19(28)26-13-4-6-14(29-2)7-5-13)18(27-20(25-11)23-10-24-27)15-8-3-12(21)9-16(15)22/h3-10,18H,1-2H3,(H,26,28)(H,23,24,25)/t18-/m0/s1. The van der Waals surface area contributed by atoms with Crippen LogP contribution in [0.4, 0.5) is 11.6 Å². The lowest BCUT2D eigenvalue weighted by molar-refractivity contribution is -0.113. The Balaban J connectivity index is 1.75. The van der Waals surface area contributed by atoms with Crippen LogP contribution in [0, 0.1) is 0 Å². The maximum Gasteiger partial charge on any atom is 0.255 e. The number of fused-ring (bicyclic) bond motifs is 1. The number of hydrogen-bond acceptors (Lipinski definition) is 5. The monoisotopic (exact) mass is 429 g/mol. The number of carbonyl (C=O) groups is 1. The SMILES string of the molecule is COc1ccc(NC(=O)C2=C(C)Nc3ncnn3[C@H]2c2ccc(Cl)cc2Cl)cc1. The molecule has 0 spiro atoms. The molecule has 3 aromatic rings. The lowest BCUT2D eigenvalue weighted by Gasteiger charge is -2.29. The molecular weight excluding hydrogens is 413 g/mol. The fraction of sp³-hybridized carbons (Fsp3) is 0.150. The summed E-state index contributed by atoms with van der Waals surface area (Å²) >= 11 is 12.5. The van der Waals surface area contributed by atoms with Crippen LogP contribution >= 0.6 is 23.2 Å². The van der Waals surface area contributed by atoms with E-state index in [2.05, 4.69) is 20.7 Å². The van der Waals surface area contributed by atoms with Crippen molar-refractivity contribution in [1.29, 1.82) is 0 Å². The number of aromatic nitrogens is 3. The minimum absolute atomic E-state index is 0.280. The summed E-state index contributed by atoms with van der Waals surface area (Å²) in [5.41, 5.74) is 2.47. The van der Waals surface area contributed by atoms with E-state index < -0.39 is 6.04 Å². The molecule has 2 heterocycles. The van der Waals surface area contributed by atoms with Gasteiger partial charge < -0.3 is 15.4 Å². The Morgan fingerprint density at radius 3 is 2.66 bits per heavy atom. The number of rotatable bonds is 4. The van der Waals surface area contributed by atoms with Crippen LogP contribution in [-0.2, 0) is 4.79 Å². The van der Waals surface area contributed by atoms with Crippen molar-refractivity contribution in [2.45, 2.75) is 13.0 Å². The summed E-state index contributed by atoms with van der Waals surface area (Å²) in [6.07, 6.45) is 1.43. The van der Waals surface area contributed by atoms with Gasteiger partial charge in [0.1, 0.15) is 18.1 Å². The topological polar surface area (TPSA) is 81.1 Å². The molecule has 0 aliphatic carbocycles. The Bertz CT molecular complexity index is 1110. The van der Waals surface area contributed by atoms with E-state index in [0.717, 1.165) is 0 Å². The van der Waals surface area contributed by atoms with Crippen LogP contribution in [0.1, 0.15) is 18.5 Å². The normalized spacial score (nSPS) is 15.5. The fourth-order valence-corrected chi connectivity index (χ4v) is 3.78. The zero-order chi connectivity index (χ0) is 20.5. The molecule has 148 valence electrons. The summed E-state index contributed by atoms with van der Waals surface area (Å²) in [6.45, 7) is 1.82. The number of allylic oxidation sites excluding steroid dienone is 1. The van der Waals surface area contributed by atoms with Gasteiger partial charge in [-0.1, -0.05) is 29.3 Å². The molecule has 29 heavy (non-hydrogen) atoms. The number of benzene rings is 2. The van der Waals surface area contributed by atoms with Gasteiger partial charge in [0.05, 0.1) is 12.7 Å². The summed E-state index contributed by atoms with van der Waals surface area (Å²) in [6, 6.07) is 11.7. The van der Waals surface area contributed by atoms with Crippen LogP contribution in [0.25, 0.3) is 0 Å². The minimum atomic E-state index is -0.559. The molecule has 0 saturated carbocycles. The summed E-state index contributed by atoms with van der Waals surface area (Å²) in [5, 5.41) is 11.3. The molecule has 1 aromatic heterocycles. The maximum absolute atomic E-state index is 13.3. The average Bonchev–Trinajstić information content (AvgIpc) is 3.16. The molecule has 9 heteroatoms. The molecule has 1 aliphatic heterocycles. The van der Waals surface area contributed by atoms with E-state index in [1.807, 2.05) is 6.92 Å². The van der Waals surface area contributed by atoms with Crippen molar-refractivity contribution in [3.63, 3.8) is 0 Å². The molecule has 0 saturated heterocycles. The predicted molar refractivity (Wildman–Crippen MR) is 113 cm³/mol. The van der Waals surface area contributed by atoms with E-state index in [4.69, 9.17) is 27.9 Å². The first-order chi connectivity index (χ1) is 14.0. The van der Waals surface area contributed by atoms with Crippen molar-refractivity contribution in [2.75, 3.05) is 17.7 Å².